The van der Waals surface area contributed by atoms with Crippen LogP contribution in [0.2, 0.25) is 0 Å². The molecule has 0 N–H and O–H groups in total. The van der Waals surface area contributed by atoms with Crippen LogP contribution in [0, 0.1) is 6.92 Å². The van der Waals surface area contributed by atoms with Crippen LogP contribution < -0.4 is 4.74 Å². The first-order valence-electron chi connectivity index (χ1n) is 8.81. The van der Waals surface area contributed by atoms with E-state index in [-0.39, 0.29) is 11.0 Å². The Morgan fingerprint density at radius 1 is 1.19 bits per heavy atom. The number of rotatable bonds is 5. The van der Waals surface area contributed by atoms with Crippen LogP contribution in [0.3, 0.4) is 0 Å². The van der Waals surface area contributed by atoms with Gasteiger partial charge in [-0.15, -0.1) is 0 Å². The molecule has 3 rings (SSSR count). The Balaban J connectivity index is 1.82. The van der Waals surface area contributed by atoms with Crippen molar-refractivity contribution in [1.29, 1.82) is 0 Å². The van der Waals surface area contributed by atoms with Crippen LogP contribution in [0.1, 0.15) is 29.7 Å². The fourth-order valence-electron chi connectivity index (χ4n) is 3.17. The zero-order chi connectivity index (χ0) is 18.7. The number of sulfonamides is 1. The summed E-state index contributed by atoms with van der Waals surface area (Å²) < 4.78 is 38.7. The molecular formula is C20H25NO4S. The molecule has 0 spiro atoms. The molecule has 0 saturated carbocycles. The molecule has 1 aliphatic rings. The molecule has 5 nitrogen and oxygen atoms in total. The van der Waals surface area contributed by atoms with Gasteiger partial charge in [0.05, 0.1) is 24.7 Å². The normalized spacial score (nSPS) is 18.7. The van der Waals surface area contributed by atoms with Gasteiger partial charge in [-0.3, -0.25) is 0 Å². The number of hydrogen-bond donors (Lipinski definition) is 0. The Hall–Kier alpha value is -1.89. The lowest BCUT2D eigenvalue weighted by Crippen LogP contribution is -2.42. The molecule has 1 unspecified atom stereocenters. The van der Waals surface area contributed by atoms with Gasteiger partial charge in [-0.25, -0.2) is 8.42 Å². The summed E-state index contributed by atoms with van der Waals surface area (Å²) in [6.07, 6.45) is 0.729. The number of aryl methyl sites for hydroxylation is 2. The summed E-state index contributed by atoms with van der Waals surface area (Å²) >= 11 is 0. The summed E-state index contributed by atoms with van der Waals surface area (Å²) in [5.74, 6) is 0.680. The second-order valence-electron chi connectivity index (χ2n) is 6.45. The maximum Gasteiger partial charge on any atom is 0.243 e. The van der Waals surface area contributed by atoms with E-state index in [2.05, 4.69) is 19.1 Å². The van der Waals surface area contributed by atoms with E-state index in [1.54, 1.807) is 25.3 Å². The Morgan fingerprint density at radius 2 is 1.92 bits per heavy atom. The van der Waals surface area contributed by atoms with Gasteiger partial charge in [0.2, 0.25) is 10.0 Å². The first-order chi connectivity index (χ1) is 12.5. The minimum atomic E-state index is -3.57. The standard InChI is InChI=1S/C20H25NO4S/c1-4-16-5-7-17(8-6-16)20-14-21(11-12-25-20)26(22,23)18-9-10-19(24-3)15(2)13-18/h5-10,13,20H,4,11-12,14H2,1-3H3. The molecule has 1 saturated heterocycles. The zero-order valence-electron chi connectivity index (χ0n) is 15.4. The molecule has 0 aliphatic carbocycles. The average Bonchev–Trinajstić information content (AvgIpc) is 2.68. The van der Waals surface area contributed by atoms with Crippen LogP contribution in [0.15, 0.2) is 47.4 Å². The zero-order valence-corrected chi connectivity index (χ0v) is 16.3. The van der Waals surface area contributed by atoms with Crippen molar-refractivity contribution in [3.63, 3.8) is 0 Å². The number of nitrogens with zero attached hydrogens (tertiary/aromatic N) is 1. The van der Waals surface area contributed by atoms with Crippen molar-refractivity contribution in [2.45, 2.75) is 31.3 Å². The molecule has 0 radical (unpaired) electrons. The van der Waals surface area contributed by atoms with Crippen molar-refractivity contribution in [2.75, 3.05) is 26.8 Å². The molecule has 1 atom stereocenters. The first-order valence-corrected chi connectivity index (χ1v) is 10.2. The third-order valence-electron chi connectivity index (χ3n) is 4.79. The van der Waals surface area contributed by atoms with Crippen molar-refractivity contribution in [3.8, 4) is 5.75 Å². The minimum Gasteiger partial charge on any atom is -0.496 e. The van der Waals surface area contributed by atoms with Gasteiger partial charge in [-0.1, -0.05) is 31.2 Å². The van der Waals surface area contributed by atoms with Gasteiger partial charge in [0, 0.05) is 13.1 Å². The number of hydrogen-bond acceptors (Lipinski definition) is 4. The molecule has 0 amide bonds. The first kappa shape index (κ1) is 18.9. The average molecular weight is 375 g/mol. The van der Waals surface area contributed by atoms with Crippen LogP contribution in [-0.4, -0.2) is 39.5 Å². The smallest absolute Gasteiger partial charge is 0.243 e. The molecule has 0 aromatic heterocycles. The lowest BCUT2D eigenvalue weighted by Gasteiger charge is -2.32. The van der Waals surface area contributed by atoms with E-state index >= 15 is 0 Å². The number of methoxy groups -OCH3 is 1. The van der Waals surface area contributed by atoms with Gasteiger partial charge in [-0.05, 0) is 48.2 Å². The minimum absolute atomic E-state index is 0.247. The van der Waals surface area contributed by atoms with Crippen LogP contribution in [0.4, 0.5) is 0 Å². The van der Waals surface area contributed by atoms with Gasteiger partial charge >= 0.3 is 0 Å². The molecule has 2 aromatic carbocycles. The van der Waals surface area contributed by atoms with Crippen molar-refractivity contribution < 1.29 is 17.9 Å². The van der Waals surface area contributed by atoms with Crippen LogP contribution in [-0.2, 0) is 21.2 Å². The summed E-state index contributed by atoms with van der Waals surface area (Å²) in [6, 6.07) is 13.1. The second-order valence-corrected chi connectivity index (χ2v) is 8.39. The lowest BCUT2D eigenvalue weighted by atomic mass is 10.1. The molecule has 0 bridgehead atoms. The molecule has 140 valence electrons. The highest BCUT2D eigenvalue weighted by Gasteiger charge is 2.31. The van der Waals surface area contributed by atoms with E-state index in [9.17, 15) is 8.42 Å². The van der Waals surface area contributed by atoms with Gasteiger partial charge < -0.3 is 9.47 Å². The highest BCUT2D eigenvalue weighted by Crippen LogP contribution is 2.28. The molecular weight excluding hydrogens is 350 g/mol. The van der Waals surface area contributed by atoms with E-state index in [0.29, 0.717) is 25.4 Å². The van der Waals surface area contributed by atoms with E-state index in [1.165, 1.54) is 9.87 Å². The fourth-order valence-corrected chi connectivity index (χ4v) is 4.68. The van der Waals surface area contributed by atoms with Gasteiger partial charge in [-0.2, -0.15) is 4.31 Å². The predicted octanol–water partition coefficient (Wildman–Crippen LogP) is 3.33. The van der Waals surface area contributed by atoms with E-state index in [0.717, 1.165) is 17.5 Å². The third kappa shape index (κ3) is 3.77. The maximum atomic E-state index is 13.0. The van der Waals surface area contributed by atoms with Gasteiger partial charge in [0.15, 0.2) is 0 Å². The molecule has 1 aliphatic heterocycles. The summed E-state index contributed by atoms with van der Waals surface area (Å²) in [7, 11) is -1.99. The van der Waals surface area contributed by atoms with Crippen LogP contribution >= 0.6 is 0 Å². The van der Waals surface area contributed by atoms with Crippen LogP contribution in [0.25, 0.3) is 0 Å². The van der Waals surface area contributed by atoms with Gasteiger partial charge in [0.1, 0.15) is 5.75 Å². The summed E-state index contributed by atoms with van der Waals surface area (Å²) in [5, 5.41) is 0. The molecule has 26 heavy (non-hydrogen) atoms. The lowest BCUT2D eigenvalue weighted by molar-refractivity contribution is -0.00256. The third-order valence-corrected chi connectivity index (χ3v) is 6.65. The maximum absolute atomic E-state index is 13.0. The fraction of sp³-hybridized carbons (Fsp3) is 0.400. The van der Waals surface area contributed by atoms with Crippen molar-refractivity contribution in [2.24, 2.45) is 0 Å². The monoisotopic (exact) mass is 375 g/mol. The van der Waals surface area contributed by atoms with Crippen molar-refractivity contribution in [1.82, 2.24) is 4.31 Å². The largest absolute Gasteiger partial charge is 0.496 e. The molecule has 1 fully saturated rings. The Kier molecular flexibility index (Phi) is 5.65. The van der Waals surface area contributed by atoms with Gasteiger partial charge in [0.25, 0.3) is 0 Å². The number of morpholine rings is 1. The topological polar surface area (TPSA) is 55.8 Å². The van der Waals surface area contributed by atoms with Crippen molar-refractivity contribution >= 4 is 10.0 Å². The Morgan fingerprint density at radius 3 is 2.54 bits per heavy atom. The summed E-state index contributed by atoms with van der Waals surface area (Å²) in [4.78, 5) is 0.290. The quantitative estimate of drug-likeness (QED) is 0.804. The predicted molar refractivity (Wildman–Crippen MR) is 101 cm³/mol. The summed E-state index contributed by atoms with van der Waals surface area (Å²) in [6.45, 7) is 5.01. The van der Waals surface area contributed by atoms with E-state index in [4.69, 9.17) is 9.47 Å². The SMILES string of the molecule is CCc1ccc(C2CN(S(=O)(=O)c3ccc(OC)c(C)c3)CCO2)cc1. The van der Waals surface area contributed by atoms with Crippen LogP contribution in [0.5, 0.6) is 5.75 Å². The second kappa shape index (κ2) is 7.78. The van der Waals surface area contributed by atoms with E-state index in [1.807, 2.05) is 19.1 Å². The Labute approximate surface area is 155 Å². The highest BCUT2D eigenvalue weighted by molar-refractivity contribution is 7.89. The summed E-state index contributed by atoms with van der Waals surface area (Å²) in [5.41, 5.74) is 3.06. The molecule has 1 heterocycles. The molecule has 2 aromatic rings. The number of benzene rings is 2. The number of ether oxygens (including phenoxy) is 2. The highest BCUT2D eigenvalue weighted by atomic mass is 32.2. The van der Waals surface area contributed by atoms with Crippen molar-refractivity contribution in [3.05, 3.63) is 59.2 Å². The van der Waals surface area contributed by atoms with E-state index < -0.39 is 10.0 Å². The Bertz CT molecular complexity index is 862. The molecule has 6 heteroatoms.